The van der Waals surface area contributed by atoms with Gasteiger partial charge in [0.05, 0.1) is 30.1 Å². The van der Waals surface area contributed by atoms with Crippen molar-refractivity contribution in [1.29, 1.82) is 0 Å². The number of fused-ring (bicyclic) bond motifs is 2. The molecule has 4 saturated heterocycles. The molecule has 63 heavy (non-hydrogen) atoms. The van der Waals surface area contributed by atoms with Crippen LogP contribution >= 0.6 is 0 Å². The molecule has 6 aliphatic heterocycles. The topological polar surface area (TPSA) is 148 Å². The molecule has 5 fully saturated rings. The molecule has 0 radical (unpaired) electrons. The van der Waals surface area contributed by atoms with Gasteiger partial charge in [-0.1, -0.05) is 13.8 Å². The molecule has 2 aromatic carbocycles. The second kappa shape index (κ2) is 17.8. The fourth-order valence-corrected chi connectivity index (χ4v) is 10.2. The first-order chi connectivity index (χ1) is 30.5. The SMILES string of the molecule is CC.COc1cc(N2CCC(CN3CCC(F)(CN4CCN(c5cc(C6NNc7ccc(OC8(C)CC8)cc76)ncn5)CC4)CC3)CC2)cc2c1C(=O)N(C1CCC(=O)NC1=O)C2.[HH].[HH]. The fourth-order valence-electron chi connectivity index (χ4n) is 10.2. The van der Waals surface area contributed by atoms with Crippen LogP contribution in [0.5, 0.6) is 11.5 Å². The number of amides is 3. The first-order valence-corrected chi connectivity index (χ1v) is 23.2. The maximum atomic E-state index is 16.4. The molecular weight excluding hydrogens is 804 g/mol. The lowest BCUT2D eigenvalue weighted by atomic mass is 9.90. The number of hydrogen-bond acceptors (Lipinski definition) is 13. The molecule has 2 unspecified atom stereocenters. The number of anilines is 3. The summed E-state index contributed by atoms with van der Waals surface area (Å²) in [6.07, 6.45) is 7.54. The van der Waals surface area contributed by atoms with Crippen LogP contribution in [0.3, 0.4) is 0 Å². The van der Waals surface area contributed by atoms with E-state index < -0.39 is 17.6 Å². The lowest BCUT2D eigenvalue weighted by molar-refractivity contribution is -0.136. The van der Waals surface area contributed by atoms with Crippen molar-refractivity contribution in [1.82, 2.24) is 35.4 Å². The zero-order valence-corrected chi connectivity index (χ0v) is 37.3. The summed E-state index contributed by atoms with van der Waals surface area (Å²) in [4.78, 5) is 58.0. The van der Waals surface area contributed by atoms with E-state index in [-0.39, 0.29) is 32.7 Å². The number of carbonyl (C=O) groups is 3. The van der Waals surface area contributed by atoms with Crippen LogP contribution in [0.15, 0.2) is 42.7 Å². The molecule has 3 amide bonds. The van der Waals surface area contributed by atoms with Gasteiger partial charge in [0.1, 0.15) is 41.0 Å². The summed E-state index contributed by atoms with van der Waals surface area (Å²) in [5.74, 6) is 1.89. The van der Waals surface area contributed by atoms with E-state index in [0.717, 1.165) is 124 Å². The maximum absolute atomic E-state index is 16.4. The second-order valence-electron chi connectivity index (χ2n) is 18.5. The number of piperazine rings is 1. The van der Waals surface area contributed by atoms with E-state index >= 15 is 4.39 Å². The molecule has 10 rings (SSSR count). The summed E-state index contributed by atoms with van der Waals surface area (Å²) in [5, 5.41) is 2.38. The Labute approximate surface area is 373 Å². The van der Waals surface area contributed by atoms with Gasteiger partial charge in [-0.3, -0.25) is 24.6 Å². The molecule has 3 aromatic rings. The molecule has 7 aliphatic rings. The van der Waals surface area contributed by atoms with E-state index in [9.17, 15) is 14.4 Å². The number of nitrogens with one attached hydrogen (secondary N) is 3. The number of halogens is 1. The van der Waals surface area contributed by atoms with E-state index in [1.165, 1.54) is 0 Å². The highest BCUT2D eigenvalue weighted by molar-refractivity contribution is 6.06. The lowest BCUT2D eigenvalue weighted by Crippen LogP contribution is -2.54. The summed E-state index contributed by atoms with van der Waals surface area (Å²) in [7, 11) is 1.57. The van der Waals surface area contributed by atoms with E-state index in [0.29, 0.717) is 49.6 Å². The first kappa shape index (κ1) is 43.2. The van der Waals surface area contributed by atoms with Crippen LogP contribution in [0, 0.1) is 5.92 Å². The van der Waals surface area contributed by atoms with Crippen molar-refractivity contribution in [3.63, 3.8) is 0 Å². The number of rotatable bonds is 11. The number of aromatic nitrogens is 2. The molecule has 16 heteroatoms. The molecule has 1 aromatic heterocycles. The number of hydrogen-bond donors (Lipinski definition) is 3. The molecule has 15 nitrogen and oxygen atoms in total. The van der Waals surface area contributed by atoms with Crippen LogP contribution in [0.4, 0.5) is 21.6 Å². The van der Waals surface area contributed by atoms with Gasteiger partial charge in [0.15, 0.2) is 0 Å². The molecule has 1 saturated carbocycles. The molecule has 0 spiro atoms. The largest absolute Gasteiger partial charge is 0.496 e. The monoisotopic (exact) mass is 871 g/mol. The average Bonchev–Trinajstić information content (AvgIpc) is 3.72. The Morgan fingerprint density at radius 3 is 2.35 bits per heavy atom. The number of nitrogens with zero attached hydrogens (tertiary/aromatic N) is 7. The number of imide groups is 1. The first-order valence-electron chi connectivity index (χ1n) is 23.2. The van der Waals surface area contributed by atoms with Crippen LogP contribution in [0.2, 0.25) is 0 Å². The molecule has 342 valence electrons. The molecule has 3 N–H and O–H groups in total. The normalized spacial score (nSPS) is 24.5. The van der Waals surface area contributed by atoms with Crippen LogP contribution in [0.1, 0.15) is 108 Å². The Balaban J connectivity index is 0.00000155. The molecular formula is C47H67FN10O5. The van der Waals surface area contributed by atoms with Crippen molar-refractivity contribution in [2.75, 3.05) is 87.8 Å². The van der Waals surface area contributed by atoms with Crippen molar-refractivity contribution < 1.29 is 31.1 Å². The van der Waals surface area contributed by atoms with Crippen LogP contribution < -0.4 is 35.4 Å². The maximum Gasteiger partial charge on any atom is 0.258 e. The number of likely N-dealkylation sites (tertiary alicyclic amines) is 1. The summed E-state index contributed by atoms with van der Waals surface area (Å²) < 4.78 is 28.3. The number of benzene rings is 2. The van der Waals surface area contributed by atoms with Gasteiger partial charge in [-0.05, 0) is 87.6 Å². The van der Waals surface area contributed by atoms with Crippen LogP contribution in [-0.2, 0) is 16.1 Å². The van der Waals surface area contributed by atoms with Gasteiger partial charge in [-0.15, -0.1) is 0 Å². The van der Waals surface area contributed by atoms with Crippen molar-refractivity contribution in [2.45, 2.75) is 102 Å². The quantitative estimate of drug-likeness (QED) is 0.207. The van der Waals surface area contributed by atoms with E-state index in [1.807, 2.05) is 26.0 Å². The smallest absolute Gasteiger partial charge is 0.258 e. The number of carbonyl (C=O) groups excluding carboxylic acids is 3. The van der Waals surface area contributed by atoms with Crippen molar-refractivity contribution in [3.8, 4) is 11.5 Å². The van der Waals surface area contributed by atoms with Crippen LogP contribution in [-0.4, -0.2) is 132 Å². The standard InChI is InChI=1S/C45H57FN10O5.C2H6.2H2/c1-44(9-10-44)61-32-3-4-34-33(23-32)41(51-50-34)35-24-38(48-28-47-35)55-19-17-53(18-20-55)27-45(46)11-15-52(16-12-45)25-29-7-13-54(14-8-29)31-21-30-26-56(36-5-6-39(57)49-42(36)58)43(59)40(30)37(22-31)60-2;1-2;;/h3-4,21-24,28-29,36,41,50-51H,5-20,25-27H2,1-2H3,(H,49,57,58);1-2H3;2*1H. The predicted molar refractivity (Wildman–Crippen MR) is 243 cm³/mol. The minimum absolute atomic E-state index is 0. The number of methoxy groups -OCH3 is 1. The highest BCUT2D eigenvalue weighted by atomic mass is 19.1. The highest BCUT2D eigenvalue weighted by Gasteiger charge is 2.43. The van der Waals surface area contributed by atoms with Gasteiger partial charge in [0, 0.05) is 105 Å². The van der Waals surface area contributed by atoms with Gasteiger partial charge in [-0.2, -0.15) is 0 Å². The summed E-state index contributed by atoms with van der Waals surface area (Å²) in [6, 6.07) is 11.5. The van der Waals surface area contributed by atoms with Crippen molar-refractivity contribution in [3.05, 3.63) is 65.1 Å². The van der Waals surface area contributed by atoms with Gasteiger partial charge in [-0.25, -0.2) is 19.8 Å². The zero-order chi connectivity index (χ0) is 43.9. The Kier molecular flexibility index (Phi) is 12.2. The fraction of sp³-hybridized carbons (Fsp3) is 0.596. The summed E-state index contributed by atoms with van der Waals surface area (Å²) in [5.41, 5.74) is 10.9. The van der Waals surface area contributed by atoms with E-state index in [2.05, 4.69) is 76.9 Å². The van der Waals surface area contributed by atoms with Gasteiger partial charge in [0.2, 0.25) is 11.8 Å². The van der Waals surface area contributed by atoms with Crippen molar-refractivity contribution >= 4 is 34.9 Å². The summed E-state index contributed by atoms with van der Waals surface area (Å²) in [6.45, 7) is 14.4. The minimum Gasteiger partial charge on any atom is -0.496 e. The Morgan fingerprint density at radius 2 is 1.63 bits per heavy atom. The van der Waals surface area contributed by atoms with Crippen molar-refractivity contribution in [2.24, 2.45) is 5.92 Å². The van der Waals surface area contributed by atoms with Gasteiger partial charge in [0.25, 0.3) is 5.91 Å². The molecule has 2 atom stereocenters. The second-order valence-corrected chi connectivity index (χ2v) is 18.5. The van der Waals surface area contributed by atoms with Crippen LogP contribution in [0.25, 0.3) is 0 Å². The minimum atomic E-state index is -1.18. The third-order valence-electron chi connectivity index (χ3n) is 14.2. The molecule has 1 aliphatic carbocycles. The van der Waals surface area contributed by atoms with E-state index in [4.69, 9.17) is 9.47 Å². The molecule has 7 heterocycles. The average molecular weight is 871 g/mol. The van der Waals surface area contributed by atoms with Gasteiger partial charge >= 0.3 is 0 Å². The summed E-state index contributed by atoms with van der Waals surface area (Å²) >= 11 is 0. The predicted octanol–water partition coefficient (Wildman–Crippen LogP) is 5.56. The molecule has 0 bridgehead atoms. The Hall–Kier alpha value is -5.06. The lowest BCUT2D eigenvalue weighted by Gasteiger charge is -2.43. The third kappa shape index (κ3) is 9.17. The number of alkyl halides is 1. The number of ether oxygens (including phenoxy) is 2. The zero-order valence-electron chi connectivity index (χ0n) is 37.3. The highest BCUT2D eigenvalue weighted by Crippen LogP contribution is 2.43. The van der Waals surface area contributed by atoms with E-state index in [1.54, 1.807) is 18.3 Å². The Bertz CT molecular complexity index is 2190. The van der Waals surface area contributed by atoms with Gasteiger partial charge < -0.3 is 34.5 Å². The number of piperidine rings is 3. The third-order valence-corrected chi connectivity index (χ3v) is 14.2. The number of hydrazine groups is 1. The Morgan fingerprint density at radius 1 is 0.873 bits per heavy atom.